The van der Waals surface area contributed by atoms with Crippen LogP contribution in [0.4, 0.5) is 0 Å². The highest BCUT2D eigenvalue weighted by atomic mass is 79.9. The van der Waals surface area contributed by atoms with Crippen LogP contribution in [0.25, 0.3) is 0 Å². The highest BCUT2D eigenvalue weighted by Crippen LogP contribution is 2.35. The lowest BCUT2D eigenvalue weighted by molar-refractivity contribution is 0.146. The van der Waals surface area contributed by atoms with E-state index in [9.17, 15) is 5.11 Å². The van der Waals surface area contributed by atoms with Gasteiger partial charge in [0.25, 0.3) is 0 Å². The Kier molecular flexibility index (Phi) is 4.97. The summed E-state index contributed by atoms with van der Waals surface area (Å²) >= 11 is 3.54. The molecule has 0 aliphatic heterocycles. The van der Waals surface area contributed by atoms with Gasteiger partial charge < -0.3 is 10.8 Å². The van der Waals surface area contributed by atoms with Crippen LogP contribution in [0.1, 0.15) is 34.3 Å². The smallest absolute Gasteiger partial charge is 0.0873 e. The molecule has 2 atom stereocenters. The summed E-state index contributed by atoms with van der Waals surface area (Å²) in [6.07, 6.45) is -0.599. The van der Waals surface area contributed by atoms with Crippen molar-refractivity contribution in [1.82, 2.24) is 0 Å². The second kappa shape index (κ2) is 6.53. The Morgan fingerprint density at radius 3 is 2.35 bits per heavy atom. The molecule has 3 heteroatoms. The minimum absolute atomic E-state index is 0.119. The number of hydrogen-bond donors (Lipinski definition) is 2. The summed E-state index contributed by atoms with van der Waals surface area (Å²) in [4.78, 5) is 0. The first-order valence-electron chi connectivity index (χ1n) is 6.75. The number of benzene rings is 2. The molecule has 0 saturated heterocycles. The lowest BCUT2D eigenvalue weighted by Gasteiger charge is -2.25. The van der Waals surface area contributed by atoms with E-state index in [1.807, 2.05) is 43.3 Å². The van der Waals surface area contributed by atoms with Gasteiger partial charge in [-0.2, -0.15) is 0 Å². The van der Waals surface area contributed by atoms with Crippen LogP contribution in [-0.4, -0.2) is 11.7 Å². The third-order valence-corrected chi connectivity index (χ3v) is 4.63. The normalized spacial score (nSPS) is 14.1. The number of aliphatic hydroxyl groups is 1. The van der Waals surface area contributed by atoms with Gasteiger partial charge in [-0.25, -0.2) is 0 Å². The summed E-state index contributed by atoms with van der Waals surface area (Å²) in [6.45, 7) is 4.50. The Morgan fingerprint density at radius 1 is 1.05 bits per heavy atom. The van der Waals surface area contributed by atoms with Crippen molar-refractivity contribution in [3.63, 3.8) is 0 Å². The second-order valence-corrected chi connectivity index (χ2v) is 5.95. The van der Waals surface area contributed by atoms with Gasteiger partial charge in [-0.1, -0.05) is 52.3 Å². The van der Waals surface area contributed by atoms with Gasteiger partial charge in [0.05, 0.1) is 6.10 Å². The van der Waals surface area contributed by atoms with Gasteiger partial charge in [0.15, 0.2) is 0 Å². The summed E-state index contributed by atoms with van der Waals surface area (Å²) in [5.41, 5.74) is 10.2. The zero-order valence-corrected chi connectivity index (χ0v) is 13.4. The molecule has 2 nitrogen and oxygen atoms in total. The maximum Gasteiger partial charge on any atom is 0.0873 e. The fourth-order valence-corrected chi connectivity index (χ4v) is 3.09. The molecule has 0 aliphatic carbocycles. The van der Waals surface area contributed by atoms with Crippen molar-refractivity contribution in [2.45, 2.75) is 25.9 Å². The largest absolute Gasteiger partial charge is 0.388 e. The Hall–Kier alpha value is -1.16. The first-order chi connectivity index (χ1) is 9.56. The van der Waals surface area contributed by atoms with Crippen LogP contribution in [0, 0.1) is 13.8 Å². The van der Waals surface area contributed by atoms with E-state index in [0.717, 1.165) is 21.2 Å². The van der Waals surface area contributed by atoms with Gasteiger partial charge in [0.2, 0.25) is 0 Å². The van der Waals surface area contributed by atoms with E-state index in [4.69, 9.17) is 5.73 Å². The topological polar surface area (TPSA) is 46.2 Å². The first kappa shape index (κ1) is 15.2. The van der Waals surface area contributed by atoms with Gasteiger partial charge in [-0.3, -0.25) is 0 Å². The molecule has 0 bridgehead atoms. The summed E-state index contributed by atoms with van der Waals surface area (Å²) in [5, 5.41) is 10.8. The molecule has 2 unspecified atom stereocenters. The highest BCUT2D eigenvalue weighted by Gasteiger charge is 2.24. The van der Waals surface area contributed by atoms with Gasteiger partial charge in [0, 0.05) is 16.9 Å². The monoisotopic (exact) mass is 333 g/mol. The molecule has 0 heterocycles. The minimum Gasteiger partial charge on any atom is -0.388 e. The van der Waals surface area contributed by atoms with E-state index in [1.165, 1.54) is 5.56 Å². The van der Waals surface area contributed by atoms with Gasteiger partial charge in [-0.15, -0.1) is 0 Å². The van der Waals surface area contributed by atoms with E-state index < -0.39 is 6.10 Å². The van der Waals surface area contributed by atoms with E-state index in [1.54, 1.807) is 0 Å². The lowest BCUT2D eigenvalue weighted by Crippen LogP contribution is -2.21. The number of rotatable bonds is 4. The SMILES string of the molecule is Cc1cccc(C(O)C(CN)c2ccccc2Br)c1C. The molecule has 0 saturated carbocycles. The Morgan fingerprint density at radius 2 is 1.70 bits per heavy atom. The molecule has 0 radical (unpaired) electrons. The number of aryl methyl sites for hydroxylation is 1. The van der Waals surface area contributed by atoms with Gasteiger partial charge >= 0.3 is 0 Å². The molecule has 20 heavy (non-hydrogen) atoms. The summed E-state index contributed by atoms with van der Waals surface area (Å²) in [7, 11) is 0. The van der Waals surface area contributed by atoms with Crippen molar-refractivity contribution in [2.75, 3.05) is 6.54 Å². The van der Waals surface area contributed by atoms with Crippen molar-refractivity contribution in [2.24, 2.45) is 5.73 Å². The fraction of sp³-hybridized carbons (Fsp3) is 0.294. The van der Waals surface area contributed by atoms with Crippen LogP contribution < -0.4 is 5.73 Å². The number of halogens is 1. The van der Waals surface area contributed by atoms with E-state index in [2.05, 4.69) is 28.9 Å². The number of hydrogen-bond acceptors (Lipinski definition) is 2. The quantitative estimate of drug-likeness (QED) is 0.892. The highest BCUT2D eigenvalue weighted by molar-refractivity contribution is 9.10. The van der Waals surface area contributed by atoms with Crippen molar-refractivity contribution < 1.29 is 5.11 Å². The molecule has 0 spiro atoms. The zero-order valence-electron chi connectivity index (χ0n) is 11.8. The average molecular weight is 334 g/mol. The Bertz CT molecular complexity index is 597. The van der Waals surface area contributed by atoms with Crippen LogP contribution in [0.3, 0.4) is 0 Å². The molecule has 2 rings (SSSR count). The zero-order chi connectivity index (χ0) is 14.7. The molecule has 2 aromatic rings. The first-order valence-corrected chi connectivity index (χ1v) is 7.54. The molecule has 3 N–H and O–H groups in total. The number of aliphatic hydroxyl groups excluding tert-OH is 1. The van der Waals surface area contributed by atoms with E-state index in [-0.39, 0.29) is 5.92 Å². The van der Waals surface area contributed by atoms with E-state index in [0.29, 0.717) is 6.54 Å². The summed E-state index contributed by atoms with van der Waals surface area (Å²) in [6, 6.07) is 13.9. The summed E-state index contributed by atoms with van der Waals surface area (Å²) in [5.74, 6) is -0.119. The van der Waals surface area contributed by atoms with Crippen LogP contribution in [0.15, 0.2) is 46.9 Å². The molecule has 0 aliphatic rings. The standard InChI is InChI=1S/C17H20BrNO/c1-11-6-5-8-13(12(11)2)17(20)15(10-19)14-7-3-4-9-16(14)18/h3-9,15,17,20H,10,19H2,1-2H3. The van der Waals surface area contributed by atoms with Gasteiger partial charge in [0.1, 0.15) is 0 Å². The van der Waals surface area contributed by atoms with Crippen LogP contribution in [0.5, 0.6) is 0 Å². The molecule has 0 fully saturated rings. The number of nitrogens with two attached hydrogens (primary N) is 1. The lowest BCUT2D eigenvalue weighted by atomic mass is 9.86. The maximum atomic E-state index is 10.8. The molecule has 0 amide bonds. The summed E-state index contributed by atoms with van der Waals surface area (Å²) < 4.78 is 0.986. The predicted octanol–water partition coefficient (Wildman–Crippen LogP) is 3.84. The third kappa shape index (κ3) is 2.95. The van der Waals surface area contributed by atoms with Crippen molar-refractivity contribution in [3.05, 3.63) is 69.2 Å². The van der Waals surface area contributed by atoms with Crippen LogP contribution in [0.2, 0.25) is 0 Å². The van der Waals surface area contributed by atoms with Crippen LogP contribution >= 0.6 is 15.9 Å². The molecular formula is C17H20BrNO. The van der Waals surface area contributed by atoms with Gasteiger partial charge in [-0.05, 0) is 42.2 Å². The second-order valence-electron chi connectivity index (χ2n) is 5.10. The molecule has 2 aromatic carbocycles. The predicted molar refractivity (Wildman–Crippen MR) is 86.8 cm³/mol. The van der Waals surface area contributed by atoms with Crippen molar-refractivity contribution in [3.8, 4) is 0 Å². The molecule has 106 valence electrons. The molecule has 0 aromatic heterocycles. The van der Waals surface area contributed by atoms with Crippen molar-refractivity contribution in [1.29, 1.82) is 0 Å². The maximum absolute atomic E-state index is 10.8. The Labute approximate surface area is 128 Å². The molecular weight excluding hydrogens is 314 g/mol. The average Bonchev–Trinajstić information content (AvgIpc) is 2.44. The van der Waals surface area contributed by atoms with E-state index >= 15 is 0 Å². The Balaban J connectivity index is 2.42. The minimum atomic E-state index is -0.599. The fourth-order valence-electron chi connectivity index (χ4n) is 2.51. The van der Waals surface area contributed by atoms with Crippen LogP contribution in [-0.2, 0) is 0 Å². The third-order valence-electron chi connectivity index (χ3n) is 3.90. The van der Waals surface area contributed by atoms with Crippen molar-refractivity contribution >= 4 is 15.9 Å².